The number of carbonyl (C=O) groups is 2. The van der Waals surface area contributed by atoms with E-state index in [1.165, 1.54) is 23.5 Å². The van der Waals surface area contributed by atoms with E-state index in [9.17, 15) is 18.0 Å². The Morgan fingerprint density at radius 1 is 1.24 bits per heavy atom. The monoisotopic (exact) mass is 452 g/mol. The van der Waals surface area contributed by atoms with Gasteiger partial charge < -0.3 is 4.74 Å². The maximum atomic E-state index is 12.6. The highest BCUT2D eigenvalue weighted by molar-refractivity contribution is 7.90. The van der Waals surface area contributed by atoms with Crippen molar-refractivity contribution in [2.24, 2.45) is 0 Å². The minimum absolute atomic E-state index is 0.00381. The fourth-order valence-corrected chi connectivity index (χ4v) is 4.93. The third-order valence-corrected chi connectivity index (χ3v) is 6.58. The molecule has 0 amide bonds. The van der Waals surface area contributed by atoms with Crippen LogP contribution < -0.4 is 0 Å². The summed E-state index contributed by atoms with van der Waals surface area (Å²) in [5, 5.41) is 2.59. The smallest absolute Gasteiger partial charge is 0.338 e. The Morgan fingerprint density at radius 2 is 1.97 bits per heavy atom. The van der Waals surface area contributed by atoms with E-state index in [0.29, 0.717) is 11.3 Å². The summed E-state index contributed by atoms with van der Waals surface area (Å²) >= 11 is 7.32. The van der Waals surface area contributed by atoms with E-state index in [-0.39, 0.29) is 21.3 Å². The van der Waals surface area contributed by atoms with Crippen LogP contribution in [0.4, 0.5) is 0 Å². The van der Waals surface area contributed by atoms with Crippen molar-refractivity contribution in [3.8, 4) is 5.13 Å². The number of esters is 1. The number of rotatable bonds is 6. The molecule has 2 heterocycles. The molecule has 152 valence electrons. The summed E-state index contributed by atoms with van der Waals surface area (Å²) in [7, 11) is -3.61. The Morgan fingerprint density at radius 3 is 2.59 bits per heavy atom. The van der Waals surface area contributed by atoms with Crippen LogP contribution in [-0.4, -0.2) is 42.6 Å². The van der Waals surface area contributed by atoms with Gasteiger partial charge in [0.25, 0.3) is 0 Å². The van der Waals surface area contributed by atoms with Gasteiger partial charge in [0.15, 0.2) is 21.6 Å². The molecule has 29 heavy (non-hydrogen) atoms. The van der Waals surface area contributed by atoms with Crippen LogP contribution in [0.25, 0.3) is 5.13 Å². The number of hydrogen-bond donors (Lipinski definition) is 0. The van der Waals surface area contributed by atoms with Crippen LogP contribution in [0.5, 0.6) is 0 Å². The van der Waals surface area contributed by atoms with Crippen LogP contribution in [0.2, 0.25) is 5.02 Å². The highest BCUT2D eigenvalue weighted by Crippen LogP contribution is 2.24. The van der Waals surface area contributed by atoms with Gasteiger partial charge in [-0.2, -0.15) is 0 Å². The first-order valence-electron chi connectivity index (χ1n) is 8.38. The summed E-state index contributed by atoms with van der Waals surface area (Å²) in [6, 6.07) is 5.51. The number of benzene rings is 1. The van der Waals surface area contributed by atoms with Crippen molar-refractivity contribution in [1.82, 2.24) is 9.55 Å². The Kier molecular flexibility index (Phi) is 5.92. The van der Waals surface area contributed by atoms with E-state index in [0.717, 1.165) is 23.1 Å². The molecule has 0 aliphatic heterocycles. The molecule has 0 saturated heterocycles. The molecule has 0 aliphatic rings. The van der Waals surface area contributed by atoms with Crippen LogP contribution in [0.15, 0.2) is 40.7 Å². The Hall–Kier alpha value is -2.49. The van der Waals surface area contributed by atoms with Crippen molar-refractivity contribution in [3.63, 3.8) is 0 Å². The lowest BCUT2D eigenvalue weighted by atomic mass is 10.1. The number of thiazole rings is 1. The van der Waals surface area contributed by atoms with Gasteiger partial charge in [0, 0.05) is 34.8 Å². The second-order valence-corrected chi connectivity index (χ2v) is 9.62. The molecule has 0 bridgehead atoms. The van der Waals surface area contributed by atoms with Gasteiger partial charge in [-0.15, -0.1) is 11.3 Å². The summed E-state index contributed by atoms with van der Waals surface area (Å²) < 4.78 is 30.5. The van der Waals surface area contributed by atoms with Gasteiger partial charge >= 0.3 is 5.97 Å². The van der Waals surface area contributed by atoms with Crippen molar-refractivity contribution in [3.05, 3.63) is 63.4 Å². The van der Waals surface area contributed by atoms with E-state index in [1.54, 1.807) is 19.2 Å². The summed E-state index contributed by atoms with van der Waals surface area (Å²) in [5.74, 6) is -1.18. The molecule has 0 unspecified atom stereocenters. The first-order chi connectivity index (χ1) is 13.6. The minimum atomic E-state index is -3.61. The number of carbonyl (C=O) groups excluding carboxylic acids is 2. The molecule has 0 fully saturated rings. The lowest BCUT2D eigenvalue weighted by Crippen LogP contribution is -2.15. The highest BCUT2D eigenvalue weighted by Gasteiger charge is 2.21. The third-order valence-electron chi connectivity index (χ3n) is 4.24. The van der Waals surface area contributed by atoms with E-state index in [4.69, 9.17) is 16.3 Å². The molecule has 0 N–H and O–H groups in total. The molecular formula is C19H17ClN2O5S2. The van der Waals surface area contributed by atoms with E-state index < -0.39 is 22.4 Å². The number of Topliss-reactive ketones (excluding diaryl/α,β-unsaturated/α-hetero) is 1. The molecule has 0 radical (unpaired) electrons. The van der Waals surface area contributed by atoms with Crippen molar-refractivity contribution in [2.45, 2.75) is 18.7 Å². The van der Waals surface area contributed by atoms with E-state index in [1.807, 2.05) is 16.9 Å². The normalized spacial score (nSPS) is 11.4. The number of halogens is 1. The standard InChI is InChI=1S/C19H17ClN2O5S2/c1-11-8-14(12(2)22(11)19-21-6-7-28-19)16(23)10-27-18(24)13-4-5-15(20)17(9-13)29(3,25)26/h4-9H,10H2,1-3H3. The molecule has 1 aromatic carbocycles. The van der Waals surface area contributed by atoms with E-state index in [2.05, 4.69) is 4.98 Å². The maximum absolute atomic E-state index is 12.6. The van der Waals surface area contributed by atoms with Gasteiger partial charge in [-0.3, -0.25) is 9.36 Å². The van der Waals surface area contributed by atoms with Gasteiger partial charge in [0.2, 0.25) is 5.78 Å². The first kappa shape index (κ1) is 21.2. The molecule has 0 saturated carbocycles. The second-order valence-electron chi connectivity index (χ2n) is 6.35. The quantitative estimate of drug-likeness (QED) is 0.418. The Bertz CT molecular complexity index is 1200. The highest BCUT2D eigenvalue weighted by atomic mass is 35.5. The molecule has 3 rings (SSSR count). The predicted octanol–water partition coefficient (Wildman–Crippen LogP) is 3.65. The molecule has 0 spiro atoms. The number of nitrogens with zero attached hydrogens (tertiary/aromatic N) is 2. The fraction of sp³-hybridized carbons (Fsp3) is 0.211. The summed E-state index contributed by atoms with van der Waals surface area (Å²) in [6.45, 7) is 3.18. The van der Waals surface area contributed by atoms with Crippen LogP contribution in [0.1, 0.15) is 32.1 Å². The molecule has 0 atom stereocenters. The molecule has 0 aliphatic carbocycles. The lowest BCUT2D eigenvalue weighted by Gasteiger charge is -2.08. The number of sulfone groups is 1. The molecular weight excluding hydrogens is 436 g/mol. The van der Waals surface area contributed by atoms with Gasteiger partial charge in [-0.05, 0) is 38.1 Å². The largest absolute Gasteiger partial charge is 0.454 e. The van der Waals surface area contributed by atoms with Crippen molar-refractivity contribution >= 4 is 44.5 Å². The number of ether oxygens (including phenoxy) is 1. The van der Waals surface area contributed by atoms with Crippen LogP contribution in [0.3, 0.4) is 0 Å². The molecule has 3 aromatic rings. The first-order valence-corrected chi connectivity index (χ1v) is 11.5. The lowest BCUT2D eigenvalue weighted by molar-refractivity contribution is 0.0474. The van der Waals surface area contributed by atoms with Crippen molar-refractivity contribution < 1.29 is 22.7 Å². The van der Waals surface area contributed by atoms with Crippen molar-refractivity contribution in [2.75, 3.05) is 12.9 Å². The van der Waals surface area contributed by atoms with Gasteiger partial charge in [-0.25, -0.2) is 18.2 Å². The zero-order chi connectivity index (χ0) is 21.3. The zero-order valence-electron chi connectivity index (χ0n) is 15.8. The number of aryl methyl sites for hydroxylation is 1. The molecule has 10 heteroatoms. The van der Waals surface area contributed by atoms with Gasteiger partial charge in [0.1, 0.15) is 0 Å². The Balaban J connectivity index is 1.77. The van der Waals surface area contributed by atoms with Gasteiger partial charge in [-0.1, -0.05) is 11.6 Å². The SMILES string of the molecule is Cc1cc(C(=O)COC(=O)c2ccc(Cl)c(S(C)(=O)=O)c2)c(C)n1-c1nccs1. The number of hydrogen-bond acceptors (Lipinski definition) is 7. The minimum Gasteiger partial charge on any atom is -0.454 e. The van der Waals surface area contributed by atoms with Gasteiger partial charge in [0.05, 0.1) is 15.5 Å². The zero-order valence-corrected chi connectivity index (χ0v) is 18.2. The predicted molar refractivity (Wildman–Crippen MR) is 110 cm³/mol. The fourth-order valence-electron chi connectivity index (χ4n) is 2.87. The maximum Gasteiger partial charge on any atom is 0.338 e. The number of ketones is 1. The second kappa shape index (κ2) is 8.10. The van der Waals surface area contributed by atoms with Crippen LogP contribution >= 0.6 is 22.9 Å². The van der Waals surface area contributed by atoms with E-state index >= 15 is 0 Å². The average molecular weight is 453 g/mol. The number of aromatic nitrogens is 2. The summed E-state index contributed by atoms with van der Waals surface area (Å²) in [6.07, 6.45) is 2.67. The topological polar surface area (TPSA) is 95.3 Å². The van der Waals surface area contributed by atoms with Crippen molar-refractivity contribution in [1.29, 1.82) is 0 Å². The summed E-state index contributed by atoms with van der Waals surface area (Å²) in [4.78, 5) is 29.0. The summed E-state index contributed by atoms with van der Waals surface area (Å²) in [5.41, 5.74) is 1.96. The molecule has 2 aromatic heterocycles. The van der Waals surface area contributed by atoms with Crippen LogP contribution in [0, 0.1) is 13.8 Å². The molecule has 7 nitrogen and oxygen atoms in total. The average Bonchev–Trinajstić information content (AvgIpc) is 3.26. The Labute approximate surface area is 176 Å². The third kappa shape index (κ3) is 4.42. The van der Waals surface area contributed by atoms with Crippen LogP contribution in [-0.2, 0) is 14.6 Å².